The van der Waals surface area contributed by atoms with Crippen molar-refractivity contribution in [2.75, 3.05) is 13.1 Å². The van der Waals surface area contributed by atoms with Gasteiger partial charge in [-0.1, -0.05) is 18.2 Å². The van der Waals surface area contributed by atoms with E-state index in [1.54, 1.807) is 6.07 Å². The Bertz CT molecular complexity index is 1020. The Morgan fingerprint density at radius 1 is 1.12 bits per heavy atom. The van der Waals surface area contributed by atoms with Crippen LogP contribution < -0.4 is 0 Å². The first-order valence-corrected chi connectivity index (χ1v) is 9.39. The summed E-state index contributed by atoms with van der Waals surface area (Å²) in [5.74, 6) is -5.73. The second-order valence-corrected chi connectivity index (χ2v) is 8.34. The highest BCUT2D eigenvalue weighted by Gasteiger charge is 2.53. The SMILES string of the molecule is O=C(O)[C@@H]1CN(C(=O)c2cc3sc4ccccc4c3s2)C[C@H]1C(F)(F)F. The summed E-state index contributed by atoms with van der Waals surface area (Å²) in [7, 11) is 0. The minimum absolute atomic E-state index is 0.337. The van der Waals surface area contributed by atoms with Crippen molar-refractivity contribution < 1.29 is 27.9 Å². The van der Waals surface area contributed by atoms with Crippen LogP contribution in [0, 0.1) is 11.8 Å². The minimum Gasteiger partial charge on any atom is -0.481 e. The summed E-state index contributed by atoms with van der Waals surface area (Å²) in [4.78, 5) is 25.2. The number of hydrogen-bond donors (Lipinski definition) is 1. The number of carbonyl (C=O) groups excluding carboxylic acids is 1. The lowest BCUT2D eigenvalue weighted by atomic mass is 9.96. The summed E-state index contributed by atoms with van der Waals surface area (Å²) in [5, 5.41) is 10.1. The molecule has 0 unspecified atom stereocenters. The van der Waals surface area contributed by atoms with E-state index in [0.29, 0.717) is 4.88 Å². The summed E-state index contributed by atoms with van der Waals surface area (Å²) in [5.41, 5.74) is 0. The van der Waals surface area contributed by atoms with Gasteiger partial charge in [-0.05, 0) is 12.1 Å². The molecule has 0 aliphatic carbocycles. The highest BCUT2D eigenvalue weighted by atomic mass is 32.1. The van der Waals surface area contributed by atoms with Crippen molar-refractivity contribution in [2.45, 2.75) is 6.18 Å². The summed E-state index contributed by atoms with van der Waals surface area (Å²) in [6.07, 6.45) is -4.65. The number of rotatable bonds is 2. The Morgan fingerprint density at radius 2 is 1.85 bits per heavy atom. The Morgan fingerprint density at radius 3 is 2.50 bits per heavy atom. The second-order valence-electron chi connectivity index (χ2n) is 6.21. The van der Waals surface area contributed by atoms with Crippen LogP contribution in [0.5, 0.6) is 0 Å². The normalized spacial score (nSPS) is 21.0. The summed E-state index contributed by atoms with van der Waals surface area (Å²) in [6, 6.07) is 9.40. The topological polar surface area (TPSA) is 57.6 Å². The van der Waals surface area contributed by atoms with E-state index >= 15 is 0 Å². The van der Waals surface area contributed by atoms with Crippen LogP contribution in [-0.4, -0.2) is 41.1 Å². The molecule has 0 saturated carbocycles. The number of carboxylic acids is 1. The third kappa shape index (κ3) is 2.75. The monoisotopic (exact) mass is 399 g/mol. The largest absolute Gasteiger partial charge is 0.481 e. The van der Waals surface area contributed by atoms with Crippen LogP contribution in [0.3, 0.4) is 0 Å². The van der Waals surface area contributed by atoms with Gasteiger partial charge in [0.2, 0.25) is 0 Å². The van der Waals surface area contributed by atoms with E-state index in [-0.39, 0.29) is 0 Å². The zero-order valence-electron chi connectivity index (χ0n) is 13.1. The van der Waals surface area contributed by atoms with Crippen molar-refractivity contribution in [2.24, 2.45) is 11.8 Å². The van der Waals surface area contributed by atoms with Crippen LogP contribution in [0.25, 0.3) is 19.5 Å². The van der Waals surface area contributed by atoms with Crippen LogP contribution in [0.2, 0.25) is 0 Å². The van der Waals surface area contributed by atoms with E-state index in [1.807, 2.05) is 24.3 Å². The molecule has 3 aromatic rings. The molecule has 0 bridgehead atoms. The van der Waals surface area contributed by atoms with Gasteiger partial charge in [0.1, 0.15) is 0 Å². The van der Waals surface area contributed by atoms with Gasteiger partial charge in [-0.2, -0.15) is 13.2 Å². The molecule has 1 aliphatic heterocycles. The molecule has 1 fully saturated rings. The molecule has 2 atom stereocenters. The first kappa shape index (κ1) is 17.3. The van der Waals surface area contributed by atoms with Crippen molar-refractivity contribution in [1.82, 2.24) is 4.90 Å². The molecule has 136 valence electrons. The van der Waals surface area contributed by atoms with Crippen LogP contribution in [0.4, 0.5) is 13.2 Å². The number of carboxylic acid groups (broad SMARTS) is 1. The molecule has 4 nitrogen and oxygen atoms in total. The Hall–Kier alpha value is -2.13. The van der Waals surface area contributed by atoms with Gasteiger partial charge in [0.05, 0.1) is 21.4 Å². The summed E-state index contributed by atoms with van der Waals surface area (Å²) in [6.45, 7) is -1.05. The molecule has 0 radical (unpaired) electrons. The van der Waals surface area contributed by atoms with Gasteiger partial charge in [0.15, 0.2) is 0 Å². The highest BCUT2D eigenvalue weighted by Crippen LogP contribution is 2.41. The van der Waals surface area contributed by atoms with E-state index in [4.69, 9.17) is 5.11 Å². The van der Waals surface area contributed by atoms with E-state index in [9.17, 15) is 22.8 Å². The summed E-state index contributed by atoms with van der Waals surface area (Å²) < 4.78 is 42.2. The average Bonchev–Trinajstić information content (AvgIpc) is 3.25. The number of amides is 1. The van der Waals surface area contributed by atoms with E-state index in [1.165, 1.54) is 22.7 Å². The van der Waals surface area contributed by atoms with Gasteiger partial charge in [0, 0.05) is 27.9 Å². The predicted molar refractivity (Wildman–Crippen MR) is 93.8 cm³/mol. The van der Waals surface area contributed by atoms with Crippen LogP contribution in [0.1, 0.15) is 9.67 Å². The van der Waals surface area contributed by atoms with Gasteiger partial charge in [-0.3, -0.25) is 9.59 Å². The lowest BCUT2D eigenvalue weighted by Crippen LogP contribution is -2.34. The molecule has 3 heterocycles. The molecular formula is C17H12F3NO3S2. The second kappa shape index (κ2) is 5.95. The van der Waals surface area contributed by atoms with Crippen LogP contribution >= 0.6 is 22.7 Å². The summed E-state index contributed by atoms with van der Waals surface area (Å²) >= 11 is 2.76. The Balaban J connectivity index is 1.65. The van der Waals surface area contributed by atoms with E-state index < -0.39 is 43.0 Å². The minimum atomic E-state index is -4.65. The van der Waals surface area contributed by atoms with Gasteiger partial charge < -0.3 is 10.0 Å². The standard InChI is InChI=1S/C17H12F3NO3S2/c18-17(19,20)10-7-21(6-9(10)16(23)24)15(22)13-5-12-14(26-13)8-3-1-2-4-11(8)25-12/h1-5,9-10H,6-7H2,(H,23,24)/t9-,10-/m1/s1. The van der Waals surface area contributed by atoms with Gasteiger partial charge in [-0.15, -0.1) is 22.7 Å². The Kier molecular flexibility index (Phi) is 3.96. The highest BCUT2D eigenvalue weighted by molar-refractivity contribution is 7.33. The van der Waals surface area contributed by atoms with E-state index in [2.05, 4.69) is 0 Å². The number of fused-ring (bicyclic) bond motifs is 3. The average molecular weight is 399 g/mol. The number of benzene rings is 1. The first-order valence-electron chi connectivity index (χ1n) is 7.75. The number of alkyl halides is 3. The number of nitrogens with zero attached hydrogens (tertiary/aromatic N) is 1. The fraction of sp³-hybridized carbons (Fsp3) is 0.294. The van der Waals surface area contributed by atoms with Crippen molar-refractivity contribution in [3.63, 3.8) is 0 Å². The number of thiophene rings is 2. The maximum Gasteiger partial charge on any atom is 0.394 e. The maximum atomic E-state index is 13.1. The Labute approximate surface area is 153 Å². The molecule has 2 aromatic heterocycles. The molecule has 9 heteroatoms. The first-order chi connectivity index (χ1) is 12.3. The van der Waals surface area contributed by atoms with Crippen LogP contribution in [-0.2, 0) is 4.79 Å². The zero-order chi connectivity index (χ0) is 18.6. The quantitative estimate of drug-likeness (QED) is 0.693. The molecule has 1 aliphatic rings. The lowest BCUT2D eigenvalue weighted by Gasteiger charge is -2.18. The number of carbonyl (C=O) groups is 2. The van der Waals surface area contributed by atoms with Gasteiger partial charge in [-0.25, -0.2) is 0 Å². The number of likely N-dealkylation sites (tertiary alicyclic amines) is 1. The van der Waals surface area contributed by atoms with Crippen molar-refractivity contribution in [3.05, 3.63) is 35.2 Å². The maximum absolute atomic E-state index is 13.1. The van der Waals surface area contributed by atoms with Gasteiger partial charge in [0.25, 0.3) is 5.91 Å². The van der Waals surface area contributed by atoms with E-state index in [0.717, 1.165) is 24.4 Å². The smallest absolute Gasteiger partial charge is 0.394 e. The molecular weight excluding hydrogens is 387 g/mol. The number of aliphatic carboxylic acids is 1. The molecule has 1 N–H and O–H groups in total. The molecule has 1 amide bonds. The number of hydrogen-bond acceptors (Lipinski definition) is 4. The fourth-order valence-corrected chi connectivity index (χ4v) is 5.81. The third-order valence-electron chi connectivity index (χ3n) is 4.61. The van der Waals surface area contributed by atoms with Crippen molar-refractivity contribution in [3.8, 4) is 0 Å². The lowest BCUT2D eigenvalue weighted by molar-refractivity contribution is -0.187. The fourth-order valence-electron chi connectivity index (χ4n) is 3.31. The predicted octanol–water partition coefficient (Wildman–Crippen LogP) is 4.45. The van der Waals surface area contributed by atoms with Crippen LogP contribution in [0.15, 0.2) is 30.3 Å². The number of halogens is 3. The van der Waals surface area contributed by atoms with Gasteiger partial charge >= 0.3 is 12.1 Å². The molecule has 1 aromatic carbocycles. The van der Waals surface area contributed by atoms with Crippen molar-refractivity contribution >= 4 is 54.0 Å². The van der Waals surface area contributed by atoms with Crippen molar-refractivity contribution in [1.29, 1.82) is 0 Å². The molecule has 26 heavy (non-hydrogen) atoms. The molecule has 1 saturated heterocycles. The zero-order valence-corrected chi connectivity index (χ0v) is 14.7. The molecule has 0 spiro atoms. The third-order valence-corrected chi connectivity index (χ3v) is 7.01. The molecule has 4 rings (SSSR count).